The first-order valence-electron chi connectivity index (χ1n) is 3.42. The van der Waals surface area contributed by atoms with Gasteiger partial charge in [0.05, 0.1) is 0 Å². The van der Waals surface area contributed by atoms with Crippen molar-refractivity contribution in [1.29, 1.82) is 0 Å². The summed E-state index contributed by atoms with van der Waals surface area (Å²) in [5, 5.41) is 0. The number of aldehydes is 1. The predicted molar refractivity (Wildman–Crippen MR) is 51.1 cm³/mol. The SMILES string of the molecule is Cc1cc(Br)c(CCC=O)s1. The number of halogens is 1. The number of carbonyl (C=O) groups is 1. The molecule has 0 amide bonds. The number of hydrogen-bond acceptors (Lipinski definition) is 2. The molecule has 1 aromatic rings. The number of hydrogen-bond donors (Lipinski definition) is 0. The van der Waals surface area contributed by atoms with Crippen LogP contribution in [0.4, 0.5) is 0 Å². The highest BCUT2D eigenvalue weighted by atomic mass is 79.9. The van der Waals surface area contributed by atoms with E-state index >= 15 is 0 Å². The highest BCUT2D eigenvalue weighted by molar-refractivity contribution is 9.10. The Labute approximate surface area is 78.6 Å². The maximum Gasteiger partial charge on any atom is 0.120 e. The van der Waals surface area contributed by atoms with Crippen molar-refractivity contribution in [3.63, 3.8) is 0 Å². The van der Waals surface area contributed by atoms with E-state index in [0.717, 1.165) is 17.2 Å². The Kier molecular flexibility index (Phi) is 3.27. The second-order valence-electron chi connectivity index (χ2n) is 2.33. The minimum absolute atomic E-state index is 0.624. The summed E-state index contributed by atoms with van der Waals surface area (Å²) in [4.78, 5) is 12.6. The molecule has 1 heterocycles. The van der Waals surface area contributed by atoms with Crippen molar-refractivity contribution < 1.29 is 4.79 Å². The molecular weight excluding hydrogens is 224 g/mol. The fourth-order valence-corrected chi connectivity index (χ4v) is 2.77. The fraction of sp³-hybridized carbons (Fsp3) is 0.375. The molecule has 0 saturated carbocycles. The van der Waals surface area contributed by atoms with Crippen LogP contribution in [0.15, 0.2) is 10.5 Å². The Bertz CT molecular complexity index is 255. The molecule has 0 aliphatic rings. The number of rotatable bonds is 3. The molecule has 0 fully saturated rings. The summed E-state index contributed by atoms with van der Waals surface area (Å²) in [6.07, 6.45) is 2.45. The maximum atomic E-state index is 10.1. The van der Waals surface area contributed by atoms with Gasteiger partial charge in [-0.1, -0.05) is 0 Å². The van der Waals surface area contributed by atoms with Crippen molar-refractivity contribution in [2.75, 3.05) is 0 Å². The van der Waals surface area contributed by atoms with Crippen LogP contribution in [-0.4, -0.2) is 6.29 Å². The van der Waals surface area contributed by atoms with Crippen LogP contribution < -0.4 is 0 Å². The third-order valence-electron chi connectivity index (χ3n) is 1.37. The van der Waals surface area contributed by atoms with E-state index in [1.807, 2.05) is 0 Å². The van der Waals surface area contributed by atoms with Crippen LogP contribution in [0.25, 0.3) is 0 Å². The van der Waals surface area contributed by atoms with E-state index < -0.39 is 0 Å². The van der Waals surface area contributed by atoms with E-state index in [9.17, 15) is 4.79 Å². The van der Waals surface area contributed by atoms with Crippen molar-refractivity contribution in [2.24, 2.45) is 0 Å². The quantitative estimate of drug-likeness (QED) is 0.733. The van der Waals surface area contributed by atoms with Crippen LogP contribution in [0.5, 0.6) is 0 Å². The zero-order chi connectivity index (χ0) is 8.27. The maximum absolute atomic E-state index is 10.1. The number of aryl methyl sites for hydroxylation is 2. The Morgan fingerprint density at radius 1 is 1.73 bits per heavy atom. The molecule has 0 aliphatic carbocycles. The second-order valence-corrected chi connectivity index (χ2v) is 4.53. The van der Waals surface area contributed by atoms with Gasteiger partial charge in [-0.2, -0.15) is 0 Å². The summed E-state index contributed by atoms with van der Waals surface area (Å²) < 4.78 is 1.14. The lowest BCUT2D eigenvalue weighted by Crippen LogP contribution is -1.81. The van der Waals surface area contributed by atoms with Crippen molar-refractivity contribution in [1.82, 2.24) is 0 Å². The lowest BCUT2D eigenvalue weighted by molar-refractivity contribution is -0.107. The van der Waals surface area contributed by atoms with Crippen LogP contribution in [0, 0.1) is 6.92 Å². The Balaban J connectivity index is 2.69. The minimum atomic E-state index is 0.624. The summed E-state index contributed by atoms with van der Waals surface area (Å²) in [5.41, 5.74) is 0. The van der Waals surface area contributed by atoms with Crippen LogP contribution in [0.1, 0.15) is 16.2 Å². The minimum Gasteiger partial charge on any atom is -0.303 e. The zero-order valence-electron chi connectivity index (χ0n) is 6.26. The molecule has 0 bridgehead atoms. The van der Waals surface area contributed by atoms with Crippen LogP contribution >= 0.6 is 27.3 Å². The first kappa shape index (κ1) is 8.94. The zero-order valence-corrected chi connectivity index (χ0v) is 8.67. The Morgan fingerprint density at radius 2 is 2.45 bits per heavy atom. The van der Waals surface area contributed by atoms with Gasteiger partial charge in [0.1, 0.15) is 6.29 Å². The van der Waals surface area contributed by atoms with Crippen molar-refractivity contribution in [3.8, 4) is 0 Å². The predicted octanol–water partition coefficient (Wildman–Crippen LogP) is 2.95. The van der Waals surface area contributed by atoms with E-state index in [2.05, 4.69) is 28.9 Å². The fourth-order valence-electron chi connectivity index (χ4n) is 0.892. The average Bonchev–Trinajstić information content (AvgIpc) is 2.26. The van der Waals surface area contributed by atoms with Gasteiger partial charge < -0.3 is 4.79 Å². The van der Waals surface area contributed by atoms with Crippen molar-refractivity contribution in [3.05, 3.63) is 20.3 Å². The van der Waals surface area contributed by atoms with Gasteiger partial charge in [-0.3, -0.25) is 0 Å². The van der Waals surface area contributed by atoms with Gasteiger partial charge in [-0.15, -0.1) is 11.3 Å². The monoisotopic (exact) mass is 232 g/mol. The summed E-state index contributed by atoms with van der Waals surface area (Å²) in [7, 11) is 0. The van der Waals surface area contributed by atoms with Gasteiger partial charge in [0.25, 0.3) is 0 Å². The number of carbonyl (C=O) groups excluding carboxylic acids is 1. The lowest BCUT2D eigenvalue weighted by atomic mass is 10.3. The molecule has 0 saturated heterocycles. The summed E-state index contributed by atoms with van der Waals surface area (Å²) in [6.45, 7) is 2.07. The molecule has 0 aromatic carbocycles. The molecule has 3 heteroatoms. The summed E-state index contributed by atoms with van der Waals surface area (Å²) in [6, 6.07) is 2.09. The molecule has 60 valence electrons. The average molecular weight is 233 g/mol. The second kappa shape index (κ2) is 4.02. The highest BCUT2D eigenvalue weighted by Crippen LogP contribution is 2.27. The first-order chi connectivity index (χ1) is 5.24. The standard InChI is InChI=1S/C8H9BrOS/c1-6-5-7(9)8(11-6)3-2-4-10/h4-5H,2-3H2,1H3. The molecule has 1 aromatic heterocycles. The topological polar surface area (TPSA) is 17.1 Å². The highest BCUT2D eigenvalue weighted by Gasteiger charge is 2.02. The summed E-state index contributed by atoms with van der Waals surface area (Å²) in [5.74, 6) is 0. The molecular formula is C8H9BrOS. The van der Waals surface area contributed by atoms with Gasteiger partial charge in [-0.25, -0.2) is 0 Å². The molecule has 0 aliphatic heterocycles. The molecule has 0 N–H and O–H groups in total. The van der Waals surface area contributed by atoms with E-state index in [-0.39, 0.29) is 0 Å². The Morgan fingerprint density at radius 3 is 2.91 bits per heavy atom. The summed E-state index contributed by atoms with van der Waals surface area (Å²) >= 11 is 5.19. The molecule has 1 nitrogen and oxygen atoms in total. The third kappa shape index (κ3) is 2.42. The van der Waals surface area contributed by atoms with E-state index in [1.54, 1.807) is 11.3 Å². The first-order valence-corrected chi connectivity index (χ1v) is 5.03. The molecule has 11 heavy (non-hydrogen) atoms. The van der Waals surface area contributed by atoms with Crippen LogP contribution in [-0.2, 0) is 11.2 Å². The van der Waals surface area contributed by atoms with Crippen molar-refractivity contribution in [2.45, 2.75) is 19.8 Å². The Hall–Kier alpha value is -0.150. The molecule has 1 rings (SSSR count). The normalized spacial score (nSPS) is 10.0. The molecule has 0 radical (unpaired) electrons. The number of thiophene rings is 1. The van der Waals surface area contributed by atoms with Gasteiger partial charge in [0.2, 0.25) is 0 Å². The van der Waals surface area contributed by atoms with Gasteiger partial charge in [0, 0.05) is 20.6 Å². The third-order valence-corrected chi connectivity index (χ3v) is 3.45. The lowest BCUT2D eigenvalue weighted by Gasteiger charge is -1.90. The van der Waals surface area contributed by atoms with Crippen molar-refractivity contribution >= 4 is 33.6 Å². The largest absolute Gasteiger partial charge is 0.303 e. The van der Waals surface area contributed by atoms with Gasteiger partial charge >= 0.3 is 0 Å². The molecule has 0 spiro atoms. The smallest absolute Gasteiger partial charge is 0.120 e. The van der Waals surface area contributed by atoms with E-state index in [1.165, 1.54) is 9.75 Å². The molecule has 0 unspecified atom stereocenters. The van der Waals surface area contributed by atoms with E-state index in [0.29, 0.717) is 6.42 Å². The van der Waals surface area contributed by atoms with E-state index in [4.69, 9.17) is 0 Å². The van der Waals surface area contributed by atoms with Gasteiger partial charge in [0.15, 0.2) is 0 Å². The molecule has 0 atom stereocenters. The van der Waals surface area contributed by atoms with Crippen LogP contribution in [0.3, 0.4) is 0 Å². The van der Waals surface area contributed by atoms with Gasteiger partial charge in [-0.05, 0) is 35.3 Å². The van der Waals surface area contributed by atoms with Crippen LogP contribution in [0.2, 0.25) is 0 Å².